The van der Waals surface area contributed by atoms with Crippen LogP contribution in [0.5, 0.6) is 0 Å². The smallest absolute Gasteiger partial charge is 0.0834 e. The van der Waals surface area contributed by atoms with E-state index in [1.807, 2.05) is 0 Å². The van der Waals surface area contributed by atoms with E-state index >= 15 is 0 Å². The fraction of sp³-hybridized carbons (Fsp3) is 1.00. The van der Waals surface area contributed by atoms with Gasteiger partial charge in [-0.1, -0.05) is 0 Å². The quantitative estimate of drug-likeness (QED) is 0.638. The number of aliphatic hydroxyl groups excluding tert-OH is 1. The predicted octanol–water partition coefficient (Wildman–Crippen LogP) is 0.264. The summed E-state index contributed by atoms with van der Waals surface area (Å²) in [6.07, 6.45) is 2.98. The van der Waals surface area contributed by atoms with Crippen molar-refractivity contribution in [2.45, 2.75) is 25.3 Å². The molecule has 1 fully saturated rings. The van der Waals surface area contributed by atoms with Gasteiger partial charge in [0.05, 0.1) is 13.2 Å². The molecule has 1 rings (SSSR count). The number of hydrogen-bond donors (Lipinski definition) is 1. The maximum Gasteiger partial charge on any atom is 0.0834 e. The molecule has 1 N–H and O–H groups in total. The zero-order chi connectivity index (χ0) is 8.10. The molecular weight excluding hydrogens is 142 g/mol. The van der Waals surface area contributed by atoms with E-state index in [0.717, 1.165) is 25.9 Å². The summed E-state index contributed by atoms with van der Waals surface area (Å²) in [6.45, 7) is 2.19. The molecule has 3 heteroatoms. The number of rotatable bonds is 4. The predicted molar refractivity (Wildman–Crippen MR) is 41.9 cm³/mol. The zero-order valence-electron chi connectivity index (χ0n) is 6.83. The van der Waals surface area contributed by atoms with Crippen molar-refractivity contribution in [1.82, 2.24) is 4.90 Å². The molecular formula is C8H16NO2. The first kappa shape index (κ1) is 8.97. The number of nitrogens with zero attached hydrogens (tertiary/aromatic N) is 1. The lowest BCUT2D eigenvalue weighted by Gasteiger charge is -2.21. The standard InChI is InChI=1S/C8H16NO2/c10-6-2-5-9-4-1-3-8(9)7-11/h8,11H,1-7H2. The van der Waals surface area contributed by atoms with Gasteiger partial charge in [0.2, 0.25) is 0 Å². The van der Waals surface area contributed by atoms with Crippen molar-refractivity contribution in [2.24, 2.45) is 0 Å². The second kappa shape index (κ2) is 4.70. The molecule has 0 aromatic rings. The Bertz CT molecular complexity index is 108. The maximum atomic E-state index is 10.2. The Kier molecular flexibility index (Phi) is 3.83. The van der Waals surface area contributed by atoms with Crippen LogP contribution < -0.4 is 0 Å². The highest BCUT2D eigenvalue weighted by Crippen LogP contribution is 2.16. The molecule has 3 nitrogen and oxygen atoms in total. The van der Waals surface area contributed by atoms with E-state index in [0.29, 0.717) is 6.04 Å². The van der Waals surface area contributed by atoms with Crippen molar-refractivity contribution in [3.8, 4) is 0 Å². The maximum absolute atomic E-state index is 10.2. The van der Waals surface area contributed by atoms with Gasteiger partial charge in [-0.3, -0.25) is 4.90 Å². The summed E-state index contributed by atoms with van der Waals surface area (Å²) in [7, 11) is 0. The molecule has 65 valence electrons. The Morgan fingerprint density at radius 1 is 1.55 bits per heavy atom. The summed E-state index contributed by atoms with van der Waals surface area (Å²) >= 11 is 0. The van der Waals surface area contributed by atoms with Crippen LogP contribution >= 0.6 is 0 Å². The van der Waals surface area contributed by atoms with Gasteiger partial charge < -0.3 is 5.11 Å². The van der Waals surface area contributed by atoms with Crippen molar-refractivity contribution < 1.29 is 10.2 Å². The van der Waals surface area contributed by atoms with Crippen molar-refractivity contribution in [3.63, 3.8) is 0 Å². The lowest BCUT2D eigenvalue weighted by molar-refractivity contribution is 0.132. The molecule has 1 aliphatic heterocycles. The van der Waals surface area contributed by atoms with E-state index in [-0.39, 0.29) is 13.2 Å². The molecule has 0 bridgehead atoms. The number of hydrogen-bond acceptors (Lipinski definition) is 2. The molecule has 1 radical (unpaired) electrons. The normalized spacial score (nSPS) is 26.2. The van der Waals surface area contributed by atoms with Crippen LogP contribution in [0.2, 0.25) is 0 Å². The van der Waals surface area contributed by atoms with Crippen LogP contribution in [-0.4, -0.2) is 42.4 Å². The van der Waals surface area contributed by atoms with Gasteiger partial charge in [-0.2, -0.15) is 0 Å². The Morgan fingerprint density at radius 3 is 3.00 bits per heavy atom. The summed E-state index contributed by atoms with van der Waals surface area (Å²) in [6, 6.07) is 0.335. The fourth-order valence-corrected chi connectivity index (χ4v) is 1.66. The molecule has 1 unspecified atom stereocenters. The minimum Gasteiger partial charge on any atom is -0.395 e. The first-order valence-electron chi connectivity index (χ1n) is 4.31. The Morgan fingerprint density at radius 2 is 2.36 bits per heavy atom. The van der Waals surface area contributed by atoms with Gasteiger partial charge >= 0.3 is 0 Å². The van der Waals surface area contributed by atoms with E-state index in [9.17, 15) is 5.11 Å². The largest absolute Gasteiger partial charge is 0.395 e. The van der Waals surface area contributed by atoms with Crippen LogP contribution in [0.25, 0.3) is 0 Å². The lowest BCUT2D eigenvalue weighted by Crippen LogP contribution is -2.33. The summed E-state index contributed by atoms with van der Waals surface area (Å²) in [5, 5.41) is 19.1. The molecule has 1 saturated heterocycles. The molecule has 1 atom stereocenters. The van der Waals surface area contributed by atoms with Gasteiger partial charge in [-0.15, -0.1) is 0 Å². The minimum atomic E-state index is 0.00858. The van der Waals surface area contributed by atoms with Crippen molar-refractivity contribution >= 4 is 0 Å². The van der Waals surface area contributed by atoms with Gasteiger partial charge in [0.15, 0.2) is 0 Å². The van der Waals surface area contributed by atoms with Crippen LogP contribution in [-0.2, 0) is 5.11 Å². The Labute approximate surface area is 67.6 Å². The first-order chi connectivity index (χ1) is 5.38. The highest BCUT2D eigenvalue weighted by Gasteiger charge is 2.22. The van der Waals surface area contributed by atoms with Crippen LogP contribution in [0.4, 0.5) is 0 Å². The SMILES string of the molecule is [O]CCCN1CCCC1CO. The topological polar surface area (TPSA) is 43.4 Å². The van der Waals surface area contributed by atoms with Crippen LogP contribution in [0.3, 0.4) is 0 Å². The highest BCUT2D eigenvalue weighted by atomic mass is 16.3. The van der Waals surface area contributed by atoms with Gasteiger partial charge in [0.25, 0.3) is 0 Å². The zero-order valence-corrected chi connectivity index (χ0v) is 6.83. The van der Waals surface area contributed by atoms with Crippen LogP contribution in [0.1, 0.15) is 19.3 Å². The molecule has 0 spiro atoms. The third kappa shape index (κ3) is 2.43. The second-order valence-corrected chi connectivity index (χ2v) is 3.07. The number of likely N-dealkylation sites (tertiary alicyclic amines) is 1. The Hall–Kier alpha value is -0.120. The molecule has 11 heavy (non-hydrogen) atoms. The highest BCUT2D eigenvalue weighted by molar-refractivity contribution is 4.77. The van der Waals surface area contributed by atoms with Crippen molar-refractivity contribution in [2.75, 3.05) is 26.3 Å². The summed E-state index contributed by atoms with van der Waals surface area (Å²) in [4.78, 5) is 2.22. The molecule has 1 aliphatic rings. The minimum absolute atomic E-state index is 0.00858. The second-order valence-electron chi connectivity index (χ2n) is 3.07. The average molecular weight is 158 g/mol. The van der Waals surface area contributed by atoms with Gasteiger partial charge in [-0.25, -0.2) is 5.11 Å². The van der Waals surface area contributed by atoms with E-state index in [2.05, 4.69) is 4.90 Å². The van der Waals surface area contributed by atoms with Crippen LogP contribution in [0.15, 0.2) is 0 Å². The lowest BCUT2D eigenvalue weighted by atomic mass is 10.2. The third-order valence-electron chi connectivity index (χ3n) is 2.30. The molecule has 0 aromatic heterocycles. The molecule has 0 saturated carbocycles. The van der Waals surface area contributed by atoms with Crippen molar-refractivity contribution in [1.29, 1.82) is 0 Å². The van der Waals surface area contributed by atoms with Gasteiger partial charge in [0, 0.05) is 12.6 Å². The van der Waals surface area contributed by atoms with E-state index in [1.54, 1.807) is 0 Å². The number of aliphatic hydroxyl groups is 1. The third-order valence-corrected chi connectivity index (χ3v) is 2.30. The van der Waals surface area contributed by atoms with Crippen LogP contribution in [0, 0.1) is 0 Å². The average Bonchev–Trinajstić information content (AvgIpc) is 2.47. The van der Waals surface area contributed by atoms with Gasteiger partial charge in [0.1, 0.15) is 0 Å². The molecule has 0 aliphatic carbocycles. The molecule has 1 heterocycles. The fourth-order valence-electron chi connectivity index (χ4n) is 1.66. The summed E-state index contributed by atoms with van der Waals surface area (Å²) in [5.41, 5.74) is 0. The van der Waals surface area contributed by atoms with Crippen molar-refractivity contribution in [3.05, 3.63) is 0 Å². The molecule has 0 amide bonds. The Balaban J connectivity index is 2.20. The van der Waals surface area contributed by atoms with Gasteiger partial charge in [-0.05, 0) is 25.8 Å². The van der Waals surface area contributed by atoms with E-state index in [1.165, 1.54) is 6.42 Å². The summed E-state index contributed by atoms with van der Waals surface area (Å²) in [5.74, 6) is 0. The van der Waals surface area contributed by atoms with E-state index < -0.39 is 0 Å². The summed E-state index contributed by atoms with van der Waals surface area (Å²) < 4.78 is 0. The monoisotopic (exact) mass is 158 g/mol. The first-order valence-corrected chi connectivity index (χ1v) is 4.31. The molecule has 0 aromatic carbocycles. The van der Waals surface area contributed by atoms with E-state index in [4.69, 9.17) is 5.11 Å².